The molecule has 0 aliphatic heterocycles. The van der Waals surface area contributed by atoms with Crippen LogP contribution in [0.25, 0.3) is 0 Å². The molecule has 1 unspecified atom stereocenters. The van der Waals surface area contributed by atoms with Crippen LogP contribution in [0, 0.1) is 5.92 Å². The van der Waals surface area contributed by atoms with Gasteiger partial charge in [0.1, 0.15) is 0 Å². The smallest absolute Gasteiger partial charge is 0.208 e. The molecule has 1 rings (SSSR count). The Bertz CT molecular complexity index is 451. The Hall–Kier alpha value is -0.0900. The second-order valence-corrected chi connectivity index (χ2v) is 8.39. The maximum Gasteiger partial charge on any atom is 0.208 e. The van der Waals surface area contributed by atoms with Crippen LogP contribution >= 0.6 is 24.0 Å². The number of nitrogens with one attached hydrogen (secondary N) is 3. The Morgan fingerprint density at radius 1 is 1.25 bits per heavy atom. The fourth-order valence-corrected chi connectivity index (χ4v) is 3.45. The van der Waals surface area contributed by atoms with Crippen molar-refractivity contribution in [3.05, 3.63) is 0 Å². The lowest BCUT2D eigenvalue weighted by molar-refractivity contribution is 0.322. The summed E-state index contributed by atoms with van der Waals surface area (Å²) in [6.07, 6.45) is 10.6. The molecule has 8 heteroatoms. The van der Waals surface area contributed by atoms with E-state index in [-0.39, 0.29) is 24.0 Å². The summed E-state index contributed by atoms with van der Waals surface area (Å²) in [6, 6.07) is 0.373. The highest BCUT2D eigenvalue weighted by Crippen LogP contribution is 2.27. The lowest BCUT2D eigenvalue weighted by atomic mass is 9.85. The molecule has 0 heterocycles. The van der Waals surface area contributed by atoms with Crippen LogP contribution in [0.5, 0.6) is 0 Å². The fraction of sp³-hybridized carbons (Fsp3) is 0.938. The van der Waals surface area contributed by atoms with E-state index in [0.717, 1.165) is 31.1 Å². The molecule has 3 N–H and O–H groups in total. The van der Waals surface area contributed by atoms with Gasteiger partial charge in [-0.15, -0.1) is 24.0 Å². The molecule has 1 fully saturated rings. The second kappa shape index (κ2) is 13.2. The van der Waals surface area contributed by atoms with E-state index in [4.69, 9.17) is 0 Å². The lowest BCUT2D eigenvalue weighted by Gasteiger charge is -2.24. The summed E-state index contributed by atoms with van der Waals surface area (Å²) in [5, 5.41) is 6.63. The van der Waals surface area contributed by atoms with Crippen molar-refractivity contribution in [1.82, 2.24) is 15.4 Å². The zero-order chi connectivity index (χ0) is 17.1. The first-order valence-corrected chi connectivity index (χ1v) is 10.8. The van der Waals surface area contributed by atoms with Crippen molar-refractivity contribution in [3.63, 3.8) is 0 Å². The Labute approximate surface area is 165 Å². The number of aliphatic imine (C=N–C) groups is 1. The minimum atomic E-state index is -3.14. The average molecular weight is 474 g/mol. The molecule has 0 spiro atoms. The highest BCUT2D eigenvalue weighted by Gasteiger charge is 2.15. The summed E-state index contributed by atoms with van der Waals surface area (Å²) >= 11 is 0. The van der Waals surface area contributed by atoms with Crippen LogP contribution in [0.2, 0.25) is 0 Å². The third-order valence-corrected chi connectivity index (χ3v) is 4.93. The third-order valence-electron chi connectivity index (χ3n) is 4.21. The topological polar surface area (TPSA) is 82.6 Å². The second-order valence-electron chi connectivity index (χ2n) is 6.55. The van der Waals surface area contributed by atoms with E-state index in [1.54, 1.807) is 0 Å². The van der Waals surface area contributed by atoms with Gasteiger partial charge in [0, 0.05) is 19.1 Å². The van der Waals surface area contributed by atoms with E-state index in [2.05, 4.69) is 27.3 Å². The number of sulfonamides is 1. The SMILES string of the molecule is CCNC(=NCCNS(C)(=O)=O)NC(C)CCC1CCCCC1.I. The normalized spacial score (nSPS) is 17.9. The van der Waals surface area contributed by atoms with Crippen LogP contribution < -0.4 is 15.4 Å². The van der Waals surface area contributed by atoms with Gasteiger partial charge in [0.25, 0.3) is 0 Å². The van der Waals surface area contributed by atoms with Crippen LogP contribution in [0.1, 0.15) is 58.8 Å². The van der Waals surface area contributed by atoms with Crippen molar-refractivity contribution >= 4 is 40.0 Å². The maximum absolute atomic E-state index is 11.0. The van der Waals surface area contributed by atoms with Crippen molar-refractivity contribution in [2.45, 2.75) is 64.8 Å². The Kier molecular flexibility index (Phi) is 13.1. The molecule has 0 saturated heterocycles. The Morgan fingerprint density at radius 2 is 1.92 bits per heavy atom. The van der Waals surface area contributed by atoms with Gasteiger partial charge in [-0.05, 0) is 32.6 Å². The number of guanidine groups is 1. The van der Waals surface area contributed by atoms with Crippen LogP contribution in [-0.4, -0.2) is 46.3 Å². The van der Waals surface area contributed by atoms with Gasteiger partial charge >= 0.3 is 0 Å². The largest absolute Gasteiger partial charge is 0.357 e. The van der Waals surface area contributed by atoms with E-state index in [0.29, 0.717) is 19.1 Å². The Morgan fingerprint density at radius 3 is 2.50 bits per heavy atom. The molecule has 0 aromatic rings. The number of hydrogen-bond donors (Lipinski definition) is 3. The molecule has 1 saturated carbocycles. The minimum Gasteiger partial charge on any atom is -0.357 e. The van der Waals surface area contributed by atoms with Gasteiger partial charge in [0.2, 0.25) is 10.0 Å². The van der Waals surface area contributed by atoms with Crippen LogP contribution in [-0.2, 0) is 10.0 Å². The summed E-state index contributed by atoms with van der Waals surface area (Å²) in [7, 11) is -3.14. The van der Waals surface area contributed by atoms with E-state index < -0.39 is 10.0 Å². The van der Waals surface area contributed by atoms with Crippen LogP contribution in [0.4, 0.5) is 0 Å². The highest BCUT2D eigenvalue weighted by atomic mass is 127. The molecule has 1 atom stereocenters. The van der Waals surface area contributed by atoms with Gasteiger partial charge in [-0.2, -0.15) is 0 Å². The van der Waals surface area contributed by atoms with Gasteiger partial charge in [0.05, 0.1) is 12.8 Å². The summed E-state index contributed by atoms with van der Waals surface area (Å²) < 4.78 is 24.5. The first-order valence-electron chi connectivity index (χ1n) is 8.90. The molecule has 6 nitrogen and oxygen atoms in total. The average Bonchev–Trinajstić information content (AvgIpc) is 2.50. The van der Waals surface area contributed by atoms with Crippen LogP contribution in [0.15, 0.2) is 4.99 Å². The van der Waals surface area contributed by atoms with Crippen molar-refractivity contribution in [1.29, 1.82) is 0 Å². The number of halogens is 1. The molecule has 1 aliphatic rings. The predicted octanol–water partition coefficient (Wildman–Crippen LogP) is 2.46. The van der Waals surface area contributed by atoms with Gasteiger partial charge in [-0.1, -0.05) is 32.1 Å². The molecule has 0 aromatic carbocycles. The summed E-state index contributed by atoms with van der Waals surface area (Å²) in [6.45, 7) is 5.76. The van der Waals surface area contributed by atoms with Crippen molar-refractivity contribution < 1.29 is 8.42 Å². The maximum atomic E-state index is 11.0. The molecular formula is C16H35IN4O2S. The van der Waals surface area contributed by atoms with Crippen LogP contribution in [0.3, 0.4) is 0 Å². The molecule has 144 valence electrons. The molecule has 0 bridgehead atoms. The van der Waals surface area contributed by atoms with E-state index in [9.17, 15) is 8.42 Å². The fourth-order valence-electron chi connectivity index (χ4n) is 2.99. The van der Waals surface area contributed by atoms with Gasteiger partial charge in [-0.25, -0.2) is 13.1 Å². The number of rotatable bonds is 9. The standard InChI is InChI=1S/C16H34N4O2S.HI/c1-4-17-16(18-12-13-19-23(3,21)22)20-14(2)10-11-15-8-6-5-7-9-15;/h14-15,19H,4-13H2,1-3H3,(H2,17,18,20);1H. The van der Waals surface area contributed by atoms with E-state index in [1.807, 2.05) is 6.92 Å². The Balaban J connectivity index is 0.00000529. The quantitative estimate of drug-likeness (QED) is 0.208. The minimum absolute atomic E-state index is 0. The molecule has 24 heavy (non-hydrogen) atoms. The number of hydrogen-bond acceptors (Lipinski definition) is 3. The number of nitrogens with zero attached hydrogens (tertiary/aromatic N) is 1. The molecule has 0 amide bonds. The third kappa shape index (κ3) is 12.3. The zero-order valence-corrected chi connectivity index (χ0v) is 18.5. The summed E-state index contributed by atoms with van der Waals surface area (Å²) in [4.78, 5) is 4.42. The van der Waals surface area contributed by atoms with E-state index >= 15 is 0 Å². The zero-order valence-electron chi connectivity index (χ0n) is 15.3. The lowest BCUT2D eigenvalue weighted by Crippen LogP contribution is -2.42. The highest BCUT2D eigenvalue weighted by molar-refractivity contribution is 14.0. The van der Waals surface area contributed by atoms with E-state index in [1.165, 1.54) is 38.5 Å². The molecule has 1 aliphatic carbocycles. The van der Waals surface area contributed by atoms with Crippen molar-refractivity contribution in [2.24, 2.45) is 10.9 Å². The van der Waals surface area contributed by atoms with Crippen molar-refractivity contribution in [3.8, 4) is 0 Å². The molecule has 0 radical (unpaired) electrons. The first-order chi connectivity index (χ1) is 10.9. The molecule has 0 aromatic heterocycles. The first kappa shape index (κ1) is 23.9. The van der Waals surface area contributed by atoms with Crippen molar-refractivity contribution in [2.75, 3.05) is 25.9 Å². The van der Waals surface area contributed by atoms with Gasteiger partial charge in [-0.3, -0.25) is 4.99 Å². The predicted molar refractivity (Wildman–Crippen MR) is 113 cm³/mol. The summed E-state index contributed by atoms with van der Waals surface area (Å²) in [5.41, 5.74) is 0. The summed E-state index contributed by atoms with van der Waals surface area (Å²) in [5.74, 6) is 1.66. The molecular weight excluding hydrogens is 439 g/mol. The van der Waals surface area contributed by atoms with Gasteiger partial charge in [0.15, 0.2) is 5.96 Å². The monoisotopic (exact) mass is 474 g/mol. The van der Waals surface area contributed by atoms with Gasteiger partial charge < -0.3 is 10.6 Å².